The molecule has 2 aromatic carbocycles. The summed E-state index contributed by atoms with van der Waals surface area (Å²) in [4.78, 5) is 15.0. The van der Waals surface area contributed by atoms with E-state index >= 15 is 0 Å². The summed E-state index contributed by atoms with van der Waals surface area (Å²) in [5.41, 5.74) is 5.25. The Morgan fingerprint density at radius 1 is 1.17 bits per heavy atom. The van der Waals surface area contributed by atoms with Crippen molar-refractivity contribution in [1.82, 2.24) is 10.4 Å². The van der Waals surface area contributed by atoms with Crippen molar-refractivity contribution in [2.75, 3.05) is 0 Å². The molecule has 0 unspecified atom stereocenters. The minimum atomic E-state index is -0.644. The van der Waals surface area contributed by atoms with E-state index in [1.165, 1.54) is 0 Å². The maximum absolute atomic E-state index is 11.8. The molecule has 0 saturated heterocycles. The molecule has 5 heteroatoms. The molecule has 0 bridgehead atoms. The number of fused-ring (bicyclic) bond motifs is 1. The third kappa shape index (κ3) is 3.88. The number of benzene rings is 2. The average molecular weight is 321 g/mol. The van der Waals surface area contributed by atoms with E-state index in [0.717, 1.165) is 22.0 Å². The van der Waals surface area contributed by atoms with E-state index in [1.54, 1.807) is 6.21 Å². The van der Waals surface area contributed by atoms with Crippen molar-refractivity contribution >= 4 is 23.0 Å². The average Bonchev–Trinajstić information content (AvgIpc) is 3.04. The Balaban J connectivity index is 1.50. The summed E-state index contributed by atoms with van der Waals surface area (Å²) in [6, 6.07) is 17.2. The number of rotatable bonds is 6. The van der Waals surface area contributed by atoms with Gasteiger partial charge in [0.05, 0.1) is 12.3 Å². The number of nitrogens with zero attached hydrogens (tertiary/aromatic N) is 1. The second-order valence-corrected chi connectivity index (χ2v) is 5.55. The monoisotopic (exact) mass is 321 g/mol. The lowest BCUT2D eigenvalue weighted by Crippen LogP contribution is -2.18. The topological polar surface area (TPSA) is 77.5 Å². The molecule has 24 heavy (non-hydrogen) atoms. The summed E-state index contributed by atoms with van der Waals surface area (Å²) in [5, 5.41) is 15.1. The van der Waals surface area contributed by atoms with Gasteiger partial charge in [-0.15, -0.1) is 0 Å². The van der Waals surface area contributed by atoms with Crippen LogP contribution in [0.4, 0.5) is 0 Å². The van der Waals surface area contributed by atoms with E-state index in [9.17, 15) is 9.90 Å². The molecular weight excluding hydrogens is 302 g/mol. The maximum atomic E-state index is 11.8. The molecule has 0 aliphatic rings. The first kappa shape index (κ1) is 16.0. The van der Waals surface area contributed by atoms with E-state index in [4.69, 9.17) is 0 Å². The smallest absolute Gasteiger partial charge is 0.240 e. The van der Waals surface area contributed by atoms with Crippen molar-refractivity contribution in [3.05, 3.63) is 71.9 Å². The number of aromatic amines is 1. The van der Waals surface area contributed by atoms with Crippen molar-refractivity contribution in [1.29, 1.82) is 0 Å². The van der Waals surface area contributed by atoms with Crippen LogP contribution in [0.25, 0.3) is 10.9 Å². The highest BCUT2D eigenvalue weighted by Crippen LogP contribution is 2.17. The van der Waals surface area contributed by atoms with Crippen molar-refractivity contribution in [3.8, 4) is 0 Å². The van der Waals surface area contributed by atoms with Gasteiger partial charge in [0.25, 0.3) is 0 Å². The van der Waals surface area contributed by atoms with Crippen LogP contribution >= 0.6 is 0 Å². The number of aromatic nitrogens is 1. The molecule has 0 aliphatic carbocycles. The summed E-state index contributed by atoms with van der Waals surface area (Å²) < 4.78 is 0. The Hall–Kier alpha value is -2.92. The number of nitrogens with one attached hydrogen (secondary N) is 2. The number of carbonyl (C=O) groups is 1. The molecule has 3 rings (SSSR count). The second-order valence-electron chi connectivity index (χ2n) is 5.55. The summed E-state index contributed by atoms with van der Waals surface area (Å²) >= 11 is 0. The Labute approximate surface area is 140 Å². The zero-order valence-electron chi connectivity index (χ0n) is 13.1. The maximum Gasteiger partial charge on any atom is 0.240 e. The molecule has 1 atom stereocenters. The molecule has 0 spiro atoms. The van der Waals surface area contributed by atoms with Crippen molar-refractivity contribution in [2.45, 2.75) is 18.9 Å². The Kier molecular flexibility index (Phi) is 5.03. The van der Waals surface area contributed by atoms with E-state index in [2.05, 4.69) is 15.5 Å². The Morgan fingerprint density at radius 3 is 2.75 bits per heavy atom. The van der Waals surface area contributed by atoms with E-state index < -0.39 is 6.10 Å². The summed E-state index contributed by atoms with van der Waals surface area (Å²) in [6.07, 6.45) is 3.39. The molecule has 0 fully saturated rings. The highest BCUT2D eigenvalue weighted by Gasteiger charge is 2.09. The number of H-pyrrole nitrogens is 1. The standard InChI is InChI=1S/C19H19N3O2/c23-18(14-6-2-1-3-7-14)10-11-19(24)22-21-13-15-12-20-17-9-5-4-8-16(15)17/h1-9,12-13,18,20,23H,10-11H2,(H,22,24)/b21-13-/t18-/m1/s1. The molecule has 1 heterocycles. The predicted octanol–water partition coefficient (Wildman–Crippen LogP) is 3.13. The summed E-state index contributed by atoms with van der Waals surface area (Å²) in [5.74, 6) is -0.221. The molecule has 0 saturated carbocycles. The third-order valence-corrected chi connectivity index (χ3v) is 3.84. The zero-order valence-corrected chi connectivity index (χ0v) is 13.1. The highest BCUT2D eigenvalue weighted by atomic mass is 16.3. The largest absolute Gasteiger partial charge is 0.388 e. The summed E-state index contributed by atoms with van der Waals surface area (Å²) in [6.45, 7) is 0. The van der Waals surface area contributed by atoms with Crippen LogP contribution in [-0.2, 0) is 4.79 Å². The van der Waals surface area contributed by atoms with Gasteiger partial charge in [0, 0.05) is 29.1 Å². The number of amides is 1. The van der Waals surface area contributed by atoms with Crippen LogP contribution in [0.2, 0.25) is 0 Å². The van der Waals surface area contributed by atoms with Crippen LogP contribution < -0.4 is 5.43 Å². The van der Waals surface area contributed by atoms with Gasteiger partial charge in [-0.2, -0.15) is 5.10 Å². The number of carbonyl (C=O) groups excluding carboxylic acids is 1. The molecule has 1 aromatic heterocycles. The molecule has 0 radical (unpaired) electrons. The SMILES string of the molecule is O=C(CC[C@@H](O)c1ccccc1)N/N=C\c1c[nH]c2ccccc12. The van der Waals surface area contributed by atoms with Crippen LogP contribution in [0.5, 0.6) is 0 Å². The van der Waals surface area contributed by atoms with Crippen LogP contribution in [0, 0.1) is 0 Å². The van der Waals surface area contributed by atoms with Crippen LogP contribution in [-0.4, -0.2) is 22.2 Å². The quantitative estimate of drug-likeness (QED) is 0.482. The summed E-state index contributed by atoms with van der Waals surface area (Å²) in [7, 11) is 0. The number of hydrazone groups is 1. The van der Waals surface area contributed by atoms with Gasteiger partial charge in [0.2, 0.25) is 5.91 Å². The normalized spacial score (nSPS) is 12.5. The first-order valence-electron chi connectivity index (χ1n) is 7.85. The van der Waals surface area contributed by atoms with Crippen molar-refractivity contribution < 1.29 is 9.90 Å². The van der Waals surface area contributed by atoms with Gasteiger partial charge in [-0.1, -0.05) is 48.5 Å². The molecule has 0 aliphatic heterocycles. The van der Waals surface area contributed by atoms with E-state index in [1.807, 2.05) is 60.8 Å². The Bertz CT molecular complexity index is 840. The van der Waals surface area contributed by atoms with Gasteiger partial charge in [-0.25, -0.2) is 5.43 Å². The van der Waals surface area contributed by atoms with Crippen molar-refractivity contribution in [3.63, 3.8) is 0 Å². The van der Waals surface area contributed by atoms with Crippen molar-refractivity contribution in [2.24, 2.45) is 5.10 Å². The minimum Gasteiger partial charge on any atom is -0.388 e. The zero-order chi connectivity index (χ0) is 16.8. The molecule has 122 valence electrons. The number of hydrogen-bond acceptors (Lipinski definition) is 3. The third-order valence-electron chi connectivity index (χ3n) is 3.84. The van der Waals surface area contributed by atoms with Gasteiger partial charge in [0.1, 0.15) is 0 Å². The number of para-hydroxylation sites is 1. The fourth-order valence-corrected chi connectivity index (χ4v) is 2.54. The molecule has 5 nitrogen and oxygen atoms in total. The first-order valence-corrected chi connectivity index (χ1v) is 7.85. The van der Waals surface area contributed by atoms with Gasteiger partial charge in [-0.05, 0) is 18.1 Å². The molecule has 3 N–H and O–H groups in total. The van der Waals surface area contributed by atoms with Gasteiger partial charge in [0.15, 0.2) is 0 Å². The molecule has 1 amide bonds. The van der Waals surface area contributed by atoms with E-state index in [0.29, 0.717) is 6.42 Å². The molecule has 3 aromatic rings. The fourth-order valence-electron chi connectivity index (χ4n) is 2.54. The highest BCUT2D eigenvalue weighted by molar-refractivity contribution is 5.99. The lowest BCUT2D eigenvalue weighted by Gasteiger charge is -2.09. The number of aliphatic hydroxyl groups excluding tert-OH is 1. The first-order chi connectivity index (χ1) is 11.7. The van der Waals surface area contributed by atoms with Crippen LogP contribution in [0.1, 0.15) is 30.1 Å². The van der Waals surface area contributed by atoms with Crippen LogP contribution in [0.3, 0.4) is 0 Å². The van der Waals surface area contributed by atoms with Gasteiger partial charge < -0.3 is 10.1 Å². The minimum absolute atomic E-state index is 0.210. The number of aliphatic hydroxyl groups is 1. The number of hydrogen-bond donors (Lipinski definition) is 3. The van der Waals surface area contributed by atoms with Crippen LogP contribution in [0.15, 0.2) is 65.9 Å². The Morgan fingerprint density at radius 2 is 1.92 bits per heavy atom. The van der Waals surface area contributed by atoms with Gasteiger partial charge >= 0.3 is 0 Å². The lowest BCUT2D eigenvalue weighted by molar-refractivity contribution is -0.121. The van der Waals surface area contributed by atoms with Gasteiger partial charge in [-0.3, -0.25) is 4.79 Å². The lowest BCUT2D eigenvalue weighted by atomic mass is 10.1. The van der Waals surface area contributed by atoms with E-state index in [-0.39, 0.29) is 12.3 Å². The fraction of sp³-hybridized carbons (Fsp3) is 0.158. The second kappa shape index (κ2) is 7.57. The predicted molar refractivity (Wildman–Crippen MR) is 94.7 cm³/mol. The molecular formula is C19H19N3O2.